The van der Waals surface area contributed by atoms with Crippen LogP contribution in [-0.2, 0) is 23.1 Å². The van der Waals surface area contributed by atoms with E-state index in [1.165, 1.54) is 27.8 Å². The Bertz CT molecular complexity index is 816. The van der Waals surface area contributed by atoms with Gasteiger partial charge in [-0.3, -0.25) is 4.79 Å². The number of thiazole rings is 1. The van der Waals surface area contributed by atoms with Crippen LogP contribution in [0.1, 0.15) is 39.5 Å². The van der Waals surface area contributed by atoms with Crippen LogP contribution >= 0.6 is 11.3 Å². The highest BCUT2D eigenvalue weighted by atomic mass is 32.1. The van der Waals surface area contributed by atoms with Crippen LogP contribution in [0.25, 0.3) is 0 Å². The maximum atomic E-state index is 12.5. The Kier molecular flexibility index (Phi) is 3.64. The monoisotopic (exact) mass is 342 g/mol. The Balaban J connectivity index is 1.33. The van der Waals surface area contributed by atoms with Crippen LogP contribution < -0.4 is 5.32 Å². The van der Waals surface area contributed by atoms with E-state index in [0.717, 1.165) is 24.3 Å². The Morgan fingerprint density at radius 2 is 2.21 bits per heavy atom. The van der Waals surface area contributed by atoms with E-state index in [2.05, 4.69) is 34.6 Å². The predicted molar refractivity (Wildman–Crippen MR) is 90.3 cm³/mol. The number of carboxylic acids is 1. The summed E-state index contributed by atoms with van der Waals surface area (Å²) in [6.45, 7) is 0.500. The summed E-state index contributed by atoms with van der Waals surface area (Å²) >= 11 is 1.32. The molecule has 0 bridgehead atoms. The van der Waals surface area contributed by atoms with Gasteiger partial charge < -0.3 is 10.4 Å². The highest BCUT2D eigenvalue weighted by Gasteiger charge is 2.61. The molecule has 1 heterocycles. The zero-order valence-electron chi connectivity index (χ0n) is 13.1. The van der Waals surface area contributed by atoms with Crippen LogP contribution in [0.15, 0.2) is 29.6 Å². The third-order valence-electron chi connectivity index (χ3n) is 5.19. The quantitative estimate of drug-likeness (QED) is 0.874. The summed E-state index contributed by atoms with van der Waals surface area (Å²) in [7, 11) is 0. The van der Waals surface area contributed by atoms with Gasteiger partial charge in [-0.1, -0.05) is 24.3 Å². The molecule has 1 saturated carbocycles. The number of carboxylic acid groups (broad SMARTS) is 1. The number of hydrogen-bond acceptors (Lipinski definition) is 4. The summed E-state index contributed by atoms with van der Waals surface area (Å²) in [6.07, 6.45) is 3.65. The van der Waals surface area contributed by atoms with Crippen molar-refractivity contribution in [3.05, 3.63) is 51.5 Å². The van der Waals surface area contributed by atoms with Crippen LogP contribution in [0, 0.1) is 5.92 Å². The Morgan fingerprint density at radius 1 is 1.38 bits per heavy atom. The first-order chi connectivity index (χ1) is 11.6. The smallest absolute Gasteiger partial charge is 0.355 e. The lowest BCUT2D eigenvalue weighted by molar-refractivity contribution is -0.122. The molecule has 1 aromatic heterocycles. The van der Waals surface area contributed by atoms with Crippen molar-refractivity contribution < 1.29 is 14.7 Å². The van der Waals surface area contributed by atoms with Gasteiger partial charge in [0, 0.05) is 29.7 Å². The summed E-state index contributed by atoms with van der Waals surface area (Å²) in [5, 5.41) is 14.1. The van der Waals surface area contributed by atoms with Crippen LogP contribution in [0.5, 0.6) is 0 Å². The van der Waals surface area contributed by atoms with Gasteiger partial charge in [-0.2, -0.15) is 0 Å². The molecule has 0 unspecified atom stereocenters. The molecule has 2 aliphatic carbocycles. The van der Waals surface area contributed by atoms with Gasteiger partial charge in [-0.05, 0) is 30.4 Å². The fourth-order valence-corrected chi connectivity index (χ4v) is 4.65. The van der Waals surface area contributed by atoms with Gasteiger partial charge in [0.25, 0.3) is 0 Å². The highest BCUT2D eigenvalue weighted by Crippen LogP contribution is 2.61. The molecule has 1 aromatic carbocycles. The third kappa shape index (κ3) is 2.51. The number of benzene rings is 1. The van der Waals surface area contributed by atoms with Gasteiger partial charge >= 0.3 is 5.97 Å². The molecule has 2 atom stereocenters. The van der Waals surface area contributed by atoms with E-state index < -0.39 is 5.97 Å². The third-order valence-corrected chi connectivity index (χ3v) is 6.10. The number of nitrogens with zero attached hydrogens (tertiary/aromatic N) is 1. The van der Waals surface area contributed by atoms with Crippen LogP contribution in [0.4, 0.5) is 0 Å². The van der Waals surface area contributed by atoms with Gasteiger partial charge in [0.05, 0.1) is 5.01 Å². The number of nitrogens with one attached hydrogen (secondary N) is 1. The fraction of sp³-hybridized carbons (Fsp3) is 0.389. The van der Waals surface area contributed by atoms with Gasteiger partial charge in [0.15, 0.2) is 5.69 Å². The molecule has 5 nitrogen and oxygen atoms in total. The largest absolute Gasteiger partial charge is 0.476 e. The lowest BCUT2D eigenvalue weighted by Crippen LogP contribution is -2.29. The molecule has 0 aliphatic heterocycles. The summed E-state index contributed by atoms with van der Waals surface area (Å²) in [4.78, 5) is 27.3. The molecular weight excluding hydrogens is 324 g/mol. The number of amides is 1. The second-order valence-electron chi connectivity index (χ2n) is 6.54. The first kappa shape index (κ1) is 15.3. The molecule has 2 N–H and O–H groups in total. The Morgan fingerprint density at radius 3 is 3.00 bits per heavy atom. The van der Waals surface area contributed by atoms with Crippen LogP contribution in [-0.4, -0.2) is 28.5 Å². The number of carbonyl (C=O) groups is 2. The summed E-state index contributed by atoms with van der Waals surface area (Å²) in [6, 6.07) is 8.45. The van der Waals surface area contributed by atoms with E-state index in [9.17, 15) is 9.59 Å². The lowest BCUT2D eigenvalue weighted by atomic mass is 9.95. The van der Waals surface area contributed by atoms with Gasteiger partial charge in [0.2, 0.25) is 5.91 Å². The predicted octanol–water partition coefficient (Wildman–Crippen LogP) is 2.40. The second kappa shape index (κ2) is 5.70. The minimum absolute atomic E-state index is 0.0678. The molecule has 1 spiro atoms. The van der Waals surface area contributed by atoms with Crippen molar-refractivity contribution in [2.24, 2.45) is 5.92 Å². The second-order valence-corrected chi connectivity index (χ2v) is 7.49. The zero-order chi connectivity index (χ0) is 16.7. The molecule has 24 heavy (non-hydrogen) atoms. The first-order valence-electron chi connectivity index (χ1n) is 8.14. The van der Waals surface area contributed by atoms with E-state index in [4.69, 9.17) is 5.11 Å². The van der Waals surface area contributed by atoms with Crippen molar-refractivity contribution in [3.63, 3.8) is 0 Å². The molecule has 1 amide bonds. The summed E-state index contributed by atoms with van der Waals surface area (Å²) in [5.41, 5.74) is 2.89. The summed E-state index contributed by atoms with van der Waals surface area (Å²) in [5.74, 6) is -0.824. The summed E-state index contributed by atoms with van der Waals surface area (Å²) < 4.78 is 0. The number of carbonyl (C=O) groups excluding carboxylic acids is 1. The maximum absolute atomic E-state index is 12.5. The van der Waals surface area contributed by atoms with Crippen molar-refractivity contribution in [2.45, 2.75) is 31.1 Å². The van der Waals surface area contributed by atoms with Gasteiger partial charge in [-0.15, -0.1) is 11.3 Å². The topological polar surface area (TPSA) is 79.3 Å². The van der Waals surface area contributed by atoms with Crippen molar-refractivity contribution in [3.8, 4) is 0 Å². The SMILES string of the molecule is O=C(O)c1csc(CCNC(=O)[C@@H]2C[C@@]23CCc2ccccc23)n1. The average molecular weight is 342 g/mol. The highest BCUT2D eigenvalue weighted by molar-refractivity contribution is 7.09. The van der Waals surface area contributed by atoms with Crippen molar-refractivity contribution in [1.82, 2.24) is 10.3 Å². The molecular formula is C18H18N2O3S. The van der Waals surface area contributed by atoms with Gasteiger partial charge in [0.1, 0.15) is 0 Å². The van der Waals surface area contributed by atoms with E-state index in [0.29, 0.717) is 13.0 Å². The lowest BCUT2D eigenvalue weighted by Gasteiger charge is -2.11. The molecule has 1 fully saturated rings. The number of aryl methyl sites for hydroxylation is 1. The fourth-order valence-electron chi connectivity index (χ4n) is 3.88. The number of aromatic carboxylic acids is 1. The van der Waals surface area contributed by atoms with Crippen molar-refractivity contribution >= 4 is 23.2 Å². The number of fused-ring (bicyclic) bond motifs is 2. The molecule has 0 saturated heterocycles. The maximum Gasteiger partial charge on any atom is 0.355 e. The normalized spacial score (nSPS) is 23.9. The standard InChI is InChI=1S/C18H18N2O3S/c21-16(19-8-6-15-20-14(10-24-15)17(22)23)13-9-18(13)7-5-11-3-1-2-4-12(11)18/h1-4,10,13H,5-9H2,(H,19,21)(H,22,23)/t13-,18+/m0/s1. The first-order valence-corrected chi connectivity index (χ1v) is 9.02. The molecule has 6 heteroatoms. The van der Waals surface area contributed by atoms with Crippen molar-refractivity contribution in [1.29, 1.82) is 0 Å². The van der Waals surface area contributed by atoms with E-state index in [1.807, 2.05) is 0 Å². The number of hydrogen-bond donors (Lipinski definition) is 2. The average Bonchev–Trinajstić information content (AvgIpc) is 2.92. The molecule has 2 aliphatic rings. The van der Waals surface area contributed by atoms with Gasteiger partial charge in [-0.25, -0.2) is 9.78 Å². The van der Waals surface area contributed by atoms with Crippen molar-refractivity contribution in [2.75, 3.05) is 6.54 Å². The van der Waals surface area contributed by atoms with Crippen LogP contribution in [0.3, 0.4) is 0 Å². The molecule has 2 aromatic rings. The Labute approximate surface area is 143 Å². The molecule has 124 valence electrons. The molecule has 4 rings (SSSR count). The Hall–Kier alpha value is -2.21. The zero-order valence-corrected chi connectivity index (χ0v) is 13.9. The van der Waals surface area contributed by atoms with Crippen LogP contribution in [0.2, 0.25) is 0 Å². The molecule has 0 radical (unpaired) electrons. The number of rotatable bonds is 5. The van der Waals surface area contributed by atoms with E-state index in [1.54, 1.807) is 0 Å². The van der Waals surface area contributed by atoms with E-state index >= 15 is 0 Å². The van der Waals surface area contributed by atoms with E-state index in [-0.39, 0.29) is 22.9 Å². The minimum Gasteiger partial charge on any atom is -0.476 e. The minimum atomic E-state index is -1.01. The number of aromatic nitrogens is 1.